The minimum Gasteiger partial charge on any atom is -0.338 e. The summed E-state index contributed by atoms with van der Waals surface area (Å²) in [5.41, 5.74) is 0.954. The Kier molecular flexibility index (Phi) is 4.57. The second-order valence-corrected chi connectivity index (χ2v) is 7.08. The van der Waals surface area contributed by atoms with E-state index in [1.165, 1.54) is 29.9 Å². The Balaban J connectivity index is 1.75. The van der Waals surface area contributed by atoms with E-state index < -0.39 is 0 Å². The van der Waals surface area contributed by atoms with Crippen molar-refractivity contribution >= 4 is 17.2 Å². The van der Waals surface area contributed by atoms with Crippen molar-refractivity contribution in [2.45, 2.75) is 26.2 Å². The van der Waals surface area contributed by atoms with Crippen LogP contribution in [-0.4, -0.2) is 23.9 Å². The Morgan fingerprint density at radius 1 is 1.14 bits per heavy atom. The number of halogens is 1. The lowest BCUT2D eigenvalue weighted by Gasteiger charge is -2.19. The van der Waals surface area contributed by atoms with Gasteiger partial charge in [0.25, 0.3) is 5.91 Å². The number of benzene rings is 1. The molecular weight excluding hydrogens is 297 g/mol. The number of carbonyl (C=O) groups is 1. The summed E-state index contributed by atoms with van der Waals surface area (Å²) in [7, 11) is 0. The Labute approximate surface area is 134 Å². The number of likely N-dealkylation sites (tertiary alicyclic amines) is 1. The average molecular weight is 317 g/mol. The maximum absolute atomic E-state index is 13.0. The minimum absolute atomic E-state index is 0.132. The molecule has 0 radical (unpaired) electrons. The first kappa shape index (κ1) is 15.2. The Morgan fingerprint density at radius 2 is 1.91 bits per heavy atom. The lowest BCUT2D eigenvalue weighted by molar-refractivity contribution is 0.0765. The number of hydrogen-bond donors (Lipinski definition) is 0. The maximum atomic E-state index is 13.0. The predicted octanol–water partition coefficient (Wildman–Crippen LogP) is 4.82. The van der Waals surface area contributed by atoms with Gasteiger partial charge >= 0.3 is 0 Å². The third kappa shape index (κ3) is 3.38. The second kappa shape index (κ2) is 6.61. The van der Waals surface area contributed by atoms with Crippen molar-refractivity contribution in [3.63, 3.8) is 0 Å². The zero-order valence-electron chi connectivity index (χ0n) is 12.7. The molecule has 0 saturated carbocycles. The van der Waals surface area contributed by atoms with Gasteiger partial charge in [0.1, 0.15) is 5.82 Å². The van der Waals surface area contributed by atoms with E-state index in [0.717, 1.165) is 41.2 Å². The van der Waals surface area contributed by atoms with Crippen LogP contribution in [0.2, 0.25) is 0 Å². The maximum Gasteiger partial charge on any atom is 0.263 e. The van der Waals surface area contributed by atoms with Crippen LogP contribution in [0.5, 0.6) is 0 Å². The van der Waals surface area contributed by atoms with Crippen LogP contribution < -0.4 is 0 Å². The van der Waals surface area contributed by atoms with Crippen molar-refractivity contribution in [2.24, 2.45) is 5.92 Å². The highest BCUT2D eigenvalue weighted by Gasteiger charge is 2.21. The molecular formula is C18H20FNOS. The van der Waals surface area contributed by atoms with E-state index in [9.17, 15) is 9.18 Å². The molecule has 1 unspecified atom stereocenters. The normalized spacial score (nSPS) is 19.0. The first-order valence-electron chi connectivity index (χ1n) is 7.78. The van der Waals surface area contributed by atoms with Crippen LogP contribution in [0.1, 0.15) is 35.9 Å². The molecule has 4 heteroatoms. The van der Waals surface area contributed by atoms with Gasteiger partial charge in [0, 0.05) is 18.0 Å². The summed E-state index contributed by atoms with van der Waals surface area (Å²) in [5.74, 6) is 0.596. The zero-order valence-corrected chi connectivity index (χ0v) is 13.5. The lowest BCUT2D eigenvalue weighted by Crippen LogP contribution is -2.31. The number of carbonyl (C=O) groups excluding carboxylic acids is 1. The molecule has 0 bridgehead atoms. The fourth-order valence-corrected chi connectivity index (χ4v) is 3.82. The largest absolute Gasteiger partial charge is 0.338 e. The van der Waals surface area contributed by atoms with Crippen LogP contribution >= 0.6 is 11.3 Å². The Morgan fingerprint density at radius 3 is 2.68 bits per heavy atom. The monoisotopic (exact) mass is 317 g/mol. The molecule has 1 saturated heterocycles. The van der Waals surface area contributed by atoms with E-state index in [4.69, 9.17) is 0 Å². The summed E-state index contributed by atoms with van der Waals surface area (Å²) in [6.45, 7) is 3.96. The zero-order chi connectivity index (χ0) is 15.5. The average Bonchev–Trinajstić information content (AvgIpc) is 2.90. The van der Waals surface area contributed by atoms with Gasteiger partial charge in [-0.05, 0) is 55.0 Å². The van der Waals surface area contributed by atoms with Gasteiger partial charge in [0.05, 0.1) is 4.88 Å². The summed E-state index contributed by atoms with van der Waals surface area (Å²) in [6, 6.07) is 10.2. The Bertz CT molecular complexity index is 649. The van der Waals surface area contributed by atoms with E-state index in [-0.39, 0.29) is 11.7 Å². The molecule has 1 aliphatic heterocycles. The van der Waals surface area contributed by atoms with Gasteiger partial charge in [-0.1, -0.05) is 19.1 Å². The number of hydrogen-bond acceptors (Lipinski definition) is 2. The molecule has 0 N–H and O–H groups in total. The van der Waals surface area contributed by atoms with Gasteiger partial charge in [-0.3, -0.25) is 4.79 Å². The summed E-state index contributed by atoms with van der Waals surface area (Å²) in [6.07, 6.45) is 3.38. The van der Waals surface area contributed by atoms with Crippen LogP contribution in [0.15, 0.2) is 36.4 Å². The van der Waals surface area contributed by atoms with Crippen molar-refractivity contribution < 1.29 is 9.18 Å². The first-order valence-corrected chi connectivity index (χ1v) is 8.60. The smallest absolute Gasteiger partial charge is 0.263 e. The molecule has 1 aromatic heterocycles. The van der Waals surface area contributed by atoms with Gasteiger partial charge in [-0.2, -0.15) is 0 Å². The van der Waals surface area contributed by atoms with Crippen LogP contribution in [0, 0.1) is 11.7 Å². The quantitative estimate of drug-likeness (QED) is 0.778. The standard InChI is InChI=1S/C18H20FNOS/c1-13-3-2-11-20(12-10-13)18(21)17-9-8-16(22-17)14-4-6-15(19)7-5-14/h4-9,13H,2-3,10-12H2,1H3. The first-order chi connectivity index (χ1) is 10.6. The SMILES string of the molecule is CC1CCCN(C(=O)c2ccc(-c3ccc(F)cc3)s2)CC1. The van der Waals surface area contributed by atoms with Crippen LogP contribution in [-0.2, 0) is 0 Å². The molecule has 22 heavy (non-hydrogen) atoms. The fourth-order valence-electron chi connectivity index (χ4n) is 2.84. The Hall–Kier alpha value is -1.68. The highest BCUT2D eigenvalue weighted by atomic mass is 32.1. The summed E-state index contributed by atoms with van der Waals surface area (Å²) < 4.78 is 13.0. The number of rotatable bonds is 2. The molecule has 3 rings (SSSR count). The van der Waals surface area contributed by atoms with Gasteiger partial charge in [-0.15, -0.1) is 11.3 Å². The molecule has 1 fully saturated rings. The molecule has 1 atom stereocenters. The van der Waals surface area contributed by atoms with Gasteiger partial charge in [0.15, 0.2) is 0 Å². The third-order valence-corrected chi connectivity index (χ3v) is 5.37. The second-order valence-electron chi connectivity index (χ2n) is 6.00. The third-order valence-electron chi connectivity index (χ3n) is 4.25. The molecule has 116 valence electrons. The van der Waals surface area contributed by atoms with Crippen molar-refractivity contribution in [3.8, 4) is 10.4 Å². The van der Waals surface area contributed by atoms with E-state index in [1.807, 2.05) is 17.0 Å². The van der Waals surface area contributed by atoms with Crippen molar-refractivity contribution in [3.05, 3.63) is 47.1 Å². The van der Waals surface area contributed by atoms with Gasteiger partial charge < -0.3 is 4.90 Å². The van der Waals surface area contributed by atoms with Crippen molar-refractivity contribution in [1.29, 1.82) is 0 Å². The van der Waals surface area contributed by atoms with E-state index in [1.54, 1.807) is 12.1 Å². The number of thiophene rings is 1. The lowest BCUT2D eigenvalue weighted by atomic mass is 10.0. The van der Waals surface area contributed by atoms with Crippen molar-refractivity contribution in [2.75, 3.05) is 13.1 Å². The topological polar surface area (TPSA) is 20.3 Å². The van der Waals surface area contributed by atoms with Gasteiger partial charge in [-0.25, -0.2) is 4.39 Å². The number of amides is 1. The van der Waals surface area contributed by atoms with E-state index >= 15 is 0 Å². The van der Waals surface area contributed by atoms with Gasteiger partial charge in [0.2, 0.25) is 0 Å². The highest BCUT2D eigenvalue weighted by molar-refractivity contribution is 7.17. The molecule has 0 aliphatic carbocycles. The predicted molar refractivity (Wildman–Crippen MR) is 88.6 cm³/mol. The molecule has 2 nitrogen and oxygen atoms in total. The molecule has 2 aromatic rings. The summed E-state index contributed by atoms with van der Waals surface area (Å²) >= 11 is 1.49. The van der Waals surface area contributed by atoms with E-state index in [0.29, 0.717) is 5.92 Å². The molecule has 2 heterocycles. The van der Waals surface area contributed by atoms with Crippen LogP contribution in [0.25, 0.3) is 10.4 Å². The minimum atomic E-state index is -0.240. The molecule has 0 spiro atoms. The highest BCUT2D eigenvalue weighted by Crippen LogP contribution is 2.29. The molecule has 1 aromatic carbocycles. The summed E-state index contributed by atoms with van der Waals surface area (Å²) in [4.78, 5) is 16.4. The van der Waals surface area contributed by atoms with Crippen LogP contribution in [0.3, 0.4) is 0 Å². The van der Waals surface area contributed by atoms with Crippen molar-refractivity contribution in [1.82, 2.24) is 4.90 Å². The number of nitrogens with zero attached hydrogens (tertiary/aromatic N) is 1. The fraction of sp³-hybridized carbons (Fsp3) is 0.389. The van der Waals surface area contributed by atoms with Crippen LogP contribution in [0.4, 0.5) is 4.39 Å². The molecule has 1 aliphatic rings. The van der Waals surface area contributed by atoms with E-state index in [2.05, 4.69) is 6.92 Å². The molecule has 1 amide bonds. The summed E-state index contributed by atoms with van der Waals surface area (Å²) in [5, 5.41) is 0.